The van der Waals surface area contributed by atoms with Gasteiger partial charge in [-0.1, -0.05) is 50.3 Å². The van der Waals surface area contributed by atoms with Crippen LogP contribution in [0.15, 0.2) is 48.5 Å². The molecule has 0 spiro atoms. The highest BCUT2D eigenvalue weighted by Gasteiger charge is 2.34. The van der Waals surface area contributed by atoms with Crippen molar-refractivity contribution in [2.45, 2.75) is 44.9 Å². The van der Waals surface area contributed by atoms with Crippen molar-refractivity contribution in [3.05, 3.63) is 59.7 Å². The lowest BCUT2D eigenvalue weighted by molar-refractivity contribution is 0.0631. The Hall–Kier alpha value is -2.82. The third-order valence-corrected chi connectivity index (χ3v) is 5.98. The van der Waals surface area contributed by atoms with Crippen molar-refractivity contribution in [2.24, 2.45) is 5.92 Å². The minimum Gasteiger partial charge on any atom is -0.493 e. The molecule has 0 unspecified atom stereocenters. The Balaban J connectivity index is 1.27. The zero-order valence-electron chi connectivity index (χ0n) is 17.3. The number of hydrogen-bond acceptors (Lipinski definition) is 4. The first kappa shape index (κ1) is 20.5. The Kier molecular flexibility index (Phi) is 6.67. The van der Waals surface area contributed by atoms with Crippen LogP contribution in [0.3, 0.4) is 0 Å². The molecule has 5 heteroatoms. The Morgan fingerprint density at radius 2 is 1.37 bits per heavy atom. The van der Waals surface area contributed by atoms with E-state index in [2.05, 4.69) is 0 Å². The molecule has 1 saturated carbocycles. The lowest BCUT2D eigenvalue weighted by atomic mass is 9.92. The summed E-state index contributed by atoms with van der Waals surface area (Å²) < 4.78 is 11.8. The maximum atomic E-state index is 12.4. The van der Waals surface area contributed by atoms with Gasteiger partial charge >= 0.3 is 0 Å². The largest absolute Gasteiger partial charge is 0.493 e. The number of rotatable bonds is 7. The van der Waals surface area contributed by atoms with E-state index in [0.29, 0.717) is 22.8 Å². The number of carbonyl (C=O) groups is 2. The van der Waals surface area contributed by atoms with Gasteiger partial charge in [0.25, 0.3) is 11.8 Å². The smallest absolute Gasteiger partial charge is 0.261 e. The SMILES string of the molecule is O=C1c2ccccc2C(=O)N1CCOc1cccc(OCC2CCCCCCC2)c1. The van der Waals surface area contributed by atoms with E-state index < -0.39 is 0 Å². The molecule has 0 aromatic heterocycles. The summed E-state index contributed by atoms with van der Waals surface area (Å²) in [6.07, 6.45) is 9.14. The van der Waals surface area contributed by atoms with Gasteiger partial charge in [-0.15, -0.1) is 0 Å². The second-order valence-electron chi connectivity index (χ2n) is 8.15. The van der Waals surface area contributed by atoms with Crippen molar-refractivity contribution < 1.29 is 19.1 Å². The second-order valence-corrected chi connectivity index (χ2v) is 8.15. The van der Waals surface area contributed by atoms with Crippen LogP contribution < -0.4 is 9.47 Å². The number of amides is 2. The van der Waals surface area contributed by atoms with Gasteiger partial charge in [0.2, 0.25) is 0 Å². The van der Waals surface area contributed by atoms with E-state index in [9.17, 15) is 9.59 Å². The molecule has 2 aromatic rings. The zero-order valence-corrected chi connectivity index (χ0v) is 17.3. The van der Waals surface area contributed by atoms with E-state index in [1.165, 1.54) is 49.8 Å². The predicted octanol–water partition coefficient (Wildman–Crippen LogP) is 5.10. The molecule has 0 saturated heterocycles. The molecule has 30 heavy (non-hydrogen) atoms. The van der Waals surface area contributed by atoms with Gasteiger partial charge in [-0.2, -0.15) is 0 Å². The van der Waals surface area contributed by atoms with Crippen LogP contribution in [0.5, 0.6) is 11.5 Å². The van der Waals surface area contributed by atoms with Crippen molar-refractivity contribution in [3.8, 4) is 11.5 Å². The zero-order chi connectivity index (χ0) is 20.8. The van der Waals surface area contributed by atoms with Gasteiger partial charge in [-0.05, 0) is 43.0 Å². The highest BCUT2D eigenvalue weighted by molar-refractivity contribution is 6.21. The van der Waals surface area contributed by atoms with Crippen molar-refractivity contribution in [3.63, 3.8) is 0 Å². The topological polar surface area (TPSA) is 55.8 Å². The fourth-order valence-corrected chi connectivity index (χ4v) is 4.27. The molecular formula is C25H29NO4. The first-order valence-corrected chi connectivity index (χ1v) is 11.0. The van der Waals surface area contributed by atoms with Crippen molar-refractivity contribution in [1.29, 1.82) is 0 Å². The van der Waals surface area contributed by atoms with Gasteiger partial charge in [-0.3, -0.25) is 14.5 Å². The summed E-state index contributed by atoms with van der Waals surface area (Å²) in [5.41, 5.74) is 0.930. The summed E-state index contributed by atoms with van der Waals surface area (Å²) in [6.45, 7) is 1.22. The van der Waals surface area contributed by atoms with Crippen LogP contribution in [-0.2, 0) is 0 Å². The first-order chi connectivity index (χ1) is 14.7. The summed E-state index contributed by atoms with van der Waals surface area (Å²) in [5.74, 6) is 1.60. The van der Waals surface area contributed by atoms with Gasteiger partial charge in [0.1, 0.15) is 18.1 Å². The van der Waals surface area contributed by atoms with E-state index in [1.54, 1.807) is 24.3 Å². The van der Waals surface area contributed by atoms with E-state index in [0.717, 1.165) is 12.4 Å². The van der Waals surface area contributed by atoms with Gasteiger partial charge < -0.3 is 9.47 Å². The number of hydrogen-bond donors (Lipinski definition) is 0. The maximum Gasteiger partial charge on any atom is 0.261 e. The predicted molar refractivity (Wildman–Crippen MR) is 115 cm³/mol. The summed E-state index contributed by atoms with van der Waals surface area (Å²) in [4.78, 5) is 26.1. The van der Waals surface area contributed by atoms with Crippen LogP contribution in [0, 0.1) is 5.92 Å². The summed E-state index contributed by atoms with van der Waals surface area (Å²) in [6, 6.07) is 14.5. The number of nitrogens with zero attached hydrogens (tertiary/aromatic N) is 1. The lowest BCUT2D eigenvalue weighted by Crippen LogP contribution is -2.33. The standard InChI is InChI=1S/C25H29NO4/c27-24-22-13-6-7-14-23(22)25(28)26(24)15-16-29-20-11-8-12-21(17-20)30-18-19-9-4-2-1-3-5-10-19/h6-8,11-14,17,19H,1-5,9-10,15-16,18H2. The molecule has 5 nitrogen and oxygen atoms in total. The van der Waals surface area contributed by atoms with Gasteiger partial charge in [0.05, 0.1) is 24.3 Å². The molecule has 0 radical (unpaired) electrons. The molecule has 2 aromatic carbocycles. The van der Waals surface area contributed by atoms with Crippen LogP contribution in [0.2, 0.25) is 0 Å². The highest BCUT2D eigenvalue weighted by atomic mass is 16.5. The van der Waals surface area contributed by atoms with Crippen molar-refractivity contribution in [1.82, 2.24) is 4.90 Å². The van der Waals surface area contributed by atoms with Crippen molar-refractivity contribution in [2.75, 3.05) is 19.8 Å². The molecule has 0 N–H and O–H groups in total. The minimum absolute atomic E-state index is 0.222. The van der Waals surface area contributed by atoms with Crippen LogP contribution in [0.4, 0.5) is 0 Å². The average molecular weight is 408 g/mol. The summed E-state index contributed by atoms with van der Waals surface area (Å²) in [5, 5.41) is 0. The Morgan fingerprint density at radius 3 is 2.03 bits per heavy atom. The second kappa shape index (κ2) is 9.79. The van der Waals surface area contributed by atoms with Crippen LogP contribution in [0.1, 0.15) is 65.7 Å². The van der Waals surface area contributed by atoms with Crippen molar-refractivity contribution >= 4 is 11.8 Å². The lowest BCUT2D eigenvalue weighted by Gasteiger charge is -2.20. The maximum absolute atomic E-state index is 12.4. The van der Waals surface area contributed by atoms with Gasteiger partial charge in [-0.25, -0.2) is 0 Å². The molecule has 2 aliphatic rings. The van der Waals surface area contributed by atoms with Gasteiger partial charge in [0.15, 0.2) is 0 Å². The molecule has 4 rings (SSSR count). The number of ether oxygens (including phenoxy) is 2. The van der Waals surface area contributed by atoms with Crippen LogP contribution in [0.25, 0.3) is 0 Å². The van der Waals surface area contributed by atoms with Crippen LogP contribution >= 0.6 is 0 Å². The molecular weight excluding hydrogens is 378 g/mol. The third-order valence-electron chi connectivity index (χ3n) is 5.98. The fourth-order valence-electron chi connectivity index (χ4n) is 4.27. The van der Waals surface area contributed by atoms with Crippen LogP contribution in [-0.4, -0.2) is 36.5 Å². The first-order valence-electron chi connectivity index (χ1n) is 11.0. The molecule has 1 heterocycles. The quantitative estimate of drug-likeness (QED) is 0.599. The molecule has 1 aliphatic carbocycles. The molecule has 158 valence electrons. The molecule has 1 aliphatic heterocycles. The summed E-state index contributed by atoms with van der Waals surface area (Å²) >= 11 is 0. The third kappa shape index (κ3) is 4.84. The fraction of sp³-hybridized carbons (Fsp3) is 0.440. The Morgan fingerprint density at radius 1 is 0.767 bits per heavy atom. The minimum atomic E-state index is -0.254. The normalized spacial score (nSPS) is 17.4. The molecule has 0 atom stereocenters. The average Bonchev–Trinajstić information content (AvgIpc) is 2.98. The molecule has 0 bridgehead atoms. The monoisotopic (exact) mass is 407 g/mol. The Labute approximate surface area is 178 Å². The molecule has 2 amide bonds. The Bertz CT molecular complexity index is 851. The van der Waals surface area contributed by atoms with E-state index >= 15 is 0 Å². The van der Waals surface area contributed by atoms with E-state index in [4.69, 9.17) is 9.47 Å². The van der Waals surface area contributed by atoms with E-state index in [-0.39, 0.29) is 25.0 Å². The number of imide groups is 1. The van der Waals surface area contributed by atoms with Gasteiger partial charge in [0, 0.05) is 6.07 Å². The molecule has 1 fully saturated rings. The van der Waals surface area contributed by atoms with E-state index in [1.807, 2.05) is 24.3 Å². The highest BCUT2D eigenvalue weighted by Crippen LogP contribution is 2.26. The number of benzene rings is 2. The summed E-state index contributed by atoms with van der Waals surface area (Å²) in [7, 11) is 0. The number of carbonyl (C=O) groups excluding carboxylic acids is 2. The number of fused-ring (bicyclic) bond motifs is 1.